The van der Waals surface area contributed by atoms with E-state index >= 15 is 0 Å². The average Bonchev–Trinajstić information content (AvgIpc) is 2.53. The molecule has 0 saturated carbocycles. The molecular formula is C12H22N2. The predicted octanol–water partition coefficient (Wildman–Crippen LogP) is 1.52. The molecule has 2 heteroatoms. The van der Waals surface area contributed by atoms with Crippen molar-refractivity contribution >= 4 is 0 Å². The number of nitrogens with zero attached hydrogens (tertiary/aromatic N) is 1. The lowest BCUT2D eigenvalue weighted by Gasteiger charge is -2.24. The summed E-state index contributed by atoms with van der Waals surface area (Å²) in [7, 11) is 0. The van der Waals surface area contributed by atoms with E-state index in [-0.39, 0.29) is 0 Å². The fourth-order valence-electron chi connectivity index (χ4n) is 2.03. The van der Waals surface area contributed by atoms with E-state index in [1.54, 1.807) is 0 Å². The van der Waals surface area contributed by atoms with Crippen molar-refractivity contribution in [2.45, 2.75) is 6.92 Å². The van der Waals surface area contributed by atoms with Crippen LogP contribution in [0.2, 0.25) is 0 Å². The van der Waals surface area contributed by atoms with E-state index in [1.165, 1.54) is 6.54 Å². The van der Waals surface area contributed by atoms with Gasteiger partial charge in [0.05, 0.1) is 0 Å². The zero-order valence-electron chi connectivity index (χ0n) is 9.21. The number of rotatable bonds is 6. The van der Waals surface area contributed by atoms with Gasteiger partial charge in [-0.05, 0) is 24.9 Å². The Morgan fingerprint density at radius 2 is 1.93 bits per heavy atom. The van der Waals surface area contributed by atoms with Gasteiger partial charge in [-0.3, -0.25) is 4.90 Å². The standard InChI is InChI=1S/C12H22N2/c1-4-6-14(7-5-2)10-12-9-13-8-11(12)3/h4-5,11-13H,1-2,6-10H2,3H3. The lowest BCUT2D eigenvalue weighted by atomic mass is 9.97. The second-order valence-electron chi connectivity index (χ2n) is 4.19. The molecule has 2 unspecified atom stereocenters. The zero-order chi connectivity index (χ0) is 10.4. The molecule has 2 atom stereocenters. The molecule has 0 spiro atoms. The van der Waals surface area contributed by atoms with Crippen LogP contribution in [0.3, 0.4) is 0 Å². The van der Waals surface area contributed by atoms with Crippen molar-refractivity contribution in [3.63, 3.8) is 0 Å². The van der Waals surface area contributed by atoms with E-state index < -0.39 is 0 Å². The first-order chi connectivity index (χ1) is 6.77. The highest BCUT2D eigenvalue weighted by Gasteiger charge is 2.24. The maximum atomic E-state index is 3.78. The van der Waals surface area contributed by atoms with Gasteiger partial charge < -0.3 is 5.32 Å². The molecule has 1 heterocycles. The lowest BCUT2D eigenvalue weighted by Crippen LogP contribution is -2.32. The van der Waals surface area contributed by atoms with Crippen LogP contribution in [0.25, 0.3) is 0 Å². The third-order valence-corrected chi connectivity index (χ3v) is 2.94. The van der Waals surface area contributed by atoms with E-state index in [4.69, 9.17) is 0 Å². The maximum Gasteiger partial charge on any atom is 0.0164 e. The van der Waals surface area contributed by atoms with E-state index in [0.29, 0.717) is 0 Å². The van der Waals surface area contributed by atoms with Crippen molar-refractivity contribution in [2.24, 2.45) is 11.8 Å². The first-order valence-electron chi connectivity index (χ1n) is 5.42. The molecule has 0 amide bonds. The predicted molar refractivity (Wildman–Crippen MR) is 62.4 cm³/mol. The minimum Gasteiger partial charge on any atom is -0.316 e. The lowest BCUT2D eigenvalue weighted by molar-refractivity contribution is 0.258. The van der Waals surface area contributed by atoms with Gasteiger partial charge in [-0.2, -0.15) is 0 Å². The topological polar surface area (TPSA) is 15.3 Å². The first-order valence-corrected chi connectivity index (χ1v) is 5.42. The molecular weight excluding hydrogens is 172 g/mol. The third kappa shape index (κ3) is 3.28. The summed E-state index contributed by atoms with van der Waals surface area (Å²) in [5, 5.41) is 3.43. The molecule has 1 N–H and O–H groups in total. The highest BCUT2D eigenvalue weighted by atomic mass is 15.1. The van der Waals surface area contributed by atoms with E-state index in [2.05, 4.69) is 30.3 Å². The maximum absolute atomic E-state index is 3.78. The van der Waals surface area contributed by atoms with Crippen LogP contribution in [0, 0.1) is 11.8 Å². The summed E-state index contributed by atoms with van der Waals surface area (Å²) >= 11 is 0. The van der Waals surface area contributed by atoms with Crippen LogP contribution >= 0.6 is 0 Å². The van der Waals surface area contributed by atoms with Gasteiger partial charge in [0, 0.05) is 19.6 Å². The molecule has 0 radical (unpaired) electrons. The van der Waals surface area contributed by atoms with Crippen molar-refractivity contribution in [1.29, 1.82) is 0 Å². The van der Waals surface area contributed by atoms with Gasteiger partial charge in [-0.15, -0.1) is 13.2 Å². The Morgan fingerprint density at radius 1 is 1.29 bits per heavy atom. The molecule has 1 rings (SSSR count). The highest BCUT2D eigenvalue weighted by molar-refractivity contribution is 4.85. The molecule has 0 aromatic rings. The van der Waals surface area contributed by atoms with Crippen LogP contribution in [0.5, 0.6) is 0 Å². The summed E-state index contributed by atoms with van der Waals surface area (Å²) in [6.45, 7) is 15.3. The van der Waals surface area contributed by atoms with Crippen LogP contribution in [0.1, 0.15) is 6.92 Å². The van der Waals surface area contributed by atoms with E-state index in [9.17, 15) is 0 Å². The minimum absolute atomic E-state index is 0.787. The van der Waals surface area contributed by atoms with Crippen molar-refractivity contribution in [3.8, 4) is 0 Å². The number of hydrogen-bond acceptors (Lipinski definition) is 2. The van der Waals surface area contributed by atoms with Gasteiger partial charge in [-0.1, -0.05) is 19.1 Å². The molecule has 80 valence electrons. The van der Waals surface area contributed by atoms with E-state index in [0.717, 1.165) is 38.0 Å². The van der Waals surface area contributed by atoms with Gasteiger partial charge in [0.25, 0.3) is 0 Å². The van der Waals surface area contributed by atoms with Crippen LogP contribution in [0.4, 0.5) is 0 Å². The second-order valence-corrected chi connectivity index (χ2v) is 4.19. The molecule has 14 heavy (non-hydrogen) atoms. The second kappa shape index (κ2) is 5.99. The van der Waals surface area contributed by atoms with Gasteiger partial charge >= 0.3 is 0 Å². The number of nitrogens with one attached hydrogen (secondary N) is 1. The van der Waals surface area contributed by atoms with Crippen LogP contribution < -0.4 is 5.32 Å². The number of hydrogen-bond donors (Lipinski definition) is 1. The van der Waals surface area contributed by atoms with Crippen LogP contribution in [-0.2, 0) is 0 Å². The fraction of sp³-hybridized carbons (Fsp3) is 0.667. The van der Waals surface area contributed by atoms with Gasteiger partial charge in [0.1, 0.15) is 0 Å². The monoisotopic (exact) mass is 194 g/mol. The Hall–Kier alpha value is -0.600. The average molecular weight is 194 g/mol. The van der Waals surface area contributed by atoms with Crippen LogP contribution in [-0.4, -0.2) is 37.6 Å². The quantitative estimate of drug-likeness (QED) is 0.645. The summed E-state index contributed by atoms with van der Waals surface area (Å²) in [6.07, 6.45) is 3.94. The molecule has 1 aliphatic heterocycles. The fourth-order valence-corrected chi connectivity index (χ4v) is 2.03. The summed E-state index contributed by atoms with van der Waals surface area (Å²) < 4.78 is 0. The smallest absolute Gasteiger partial charge is 0.0164 e. The molecule has 0 aromatic carbocycles. The molecule has 1 fully saturated rings. The van der Waals surface area contributed by atoms with Gasteiger partial charge in [0.2, 0.25) is 0 Å². The zero-order valence-corrected chi connectivity index (χ0v) is 9.21. The van der Waals surface area contributed by atoms with Gasteiger partial charge in [0.15, 0.2) is 0 Å². The van der Waals surface area contributed by atoms with Crippen LogP contribution in [0.15, 0.2) is 25.3 Å². The normalized spacial score (nSPS) is 26.7. The molecule has 0 bridgehead atoms. The molecule has 0 aromatic heterocycles. The highest BCUT2D eigenvalue weighted by Crippen LogP contribution is 2.16. The Balaban J connectivity index is 2.36. The molecule has 0 aliphatic carbocycles. The third-order valence-electron chi connectivity index (χ3n) is 2.94. The Kier molecular flexibility index (Phi) is 4.91. The molecule has 1 saturated heterocycles. The summed E-state index contributed by atoms with van der Waals surface area (Å²) in [5.74, 6) is 1.59. The Labute approximate surface area is 87.7 Å². The summed E-state index contributed by atoms with van der Waals surface area (Å²) in [4.78, 5) is 2.40. The molecule has 1 aliphatic rings. The van der Waals surface area contributed by atoms with Gasteiger partial charge in [-0.25, -0.2) is 0 Å². The first kappa shape index (κ1) is 11.5. The minimum atomic E-state index is 0.787. The van der Waals surface area contributed by atoms with Crippen molar-refractivity contribution in [1.82, 2.24) is 10.2 Å². The largest absolute Gasteiger partial charge is 0.316 e. The van der Waals surface area contributed by atoms with Crippen molar-refractivity contribution < 1.29 is 0 Å². The molecule has 2 nitrogen and oxygen atoms in total. The van der Waals surface area contributed by atoms with Crippen molar-refractivity contribution in [2.75, 3.05) is 32.7 Å². The summed E-state index contributed by atoms with van der Waals surface area (Å²) in [5.41, 5.74) is 0. The SMILES string of the molecule is C=CCN(CC=C)CC1CNCC1C. The Bertz CT molecular complexity index is 179. The van der Waals surface area contributed by atoms with Crippen molar-refractivity contribution in [3.05, 3.63) is 25.3 Å². The Morgan fingerprint density at radius 3 is 2.36 bits per heavy atom. The van der Waals surface area contributed by atoms with E-state index in [1.807, 2.05) is 12.2 Å². The summed E-state index contributed by atoms with van der Waals surface area (Å²) in [6, 6.07) is 0.